The molecule has 3 rings (SSSR count). The fourth-order valence-corrected chi connectivity index (χ4v) is 4.11. The molecule has 2 atom stereocenters. The molecule has 160 valence electrons. The van der Waals surface area contributed by atoms with E-state index in [-0.39, 0.29) is 24.4 Å². The first kappa shape index (κ1) is 22.4. The van der Waals surface area contributed by atoms with E-state index in [0.717, 1.165) is 24.1 Å². The summed E-state index contributed by atoms with van der Waals surface area (Å²) in [7, 11) is 1.81. The quantitative estimate of drug-likeness (QED) is 0.667. The largest absolute Gasteiger partial charge is 0.465 e. The van der Waals surface area contributed by atoms with Gasteiger partial charge in [0, 0.05) is 32.7 Å². The van der Waals surface area contributed by atoms with E-state index >= 15 is 0 Å². The molecule has 1 heterocycles. The highest BCUT2D eigenvalue weighted by atomic mass is 35.5. The molecule has 1 saturated heterocycles. The van der Waals surface area contributed by atoms with Gasteiger partial charge in [-0.1, -0.05) is 59.6 Å². The Kier molecular flexibility index (Phi) is 7.58. The number of carboxylic acid groups (broad SMARTS) is 1. The molecule has 0 aliphatic carbocycles. The number of carbonyl (C=O) groups excluding carboxylic acids is 1. The first-order valence-electron chi connectivity index (χ1n) is 9.80. The van der Waals surface area contributed by atoms with Crippen LogP contribution in [0.4, 0.5) is 4.79 Å². The smallest absolute Gasteiger partial charge is 0.404 e. The van der Waals surface area contributed by atoms with Crippen molar-refractivity contribution in [1.82, 2.24) is 15.1 Å². The molecule has 2 aromatic rings. The summed E-state index contributed by atoms with van der Waals surface area (Å²) in [6, 6.07) is 14.9. The lowest BCUT2D eigenvalue weighted by Gasteiger charge is -2.32. The van der Waals surface area contributed by atoms with E-state index in [1.807, 2.05) is 30.3 Å². The molecule has 1 aliphatic heterocycles. The van der Waals surface area contributed by atoms with Gasteiger partial charge in [-0.05, 0) is 29.7 Å². The highest BCUT2D eigenvalue weighted by Gasteiger charge is 2.29. The van der Waals surface area contributed by atoms with Gasteiger partial charge < -0.3 is 15.3 Å². The third kappa shape index (κ3) is 5.88. The van der Waals surface area contributed by atoms with Crippen LogP contribution in [0.25, 0.3) is 0 Å². The number of amides is 2. The summed E-state index contributed by atoms with van der Waals surface area (Å²) in [6.07, 6.45) is -0.0235. The molecule has 0 aromatic heterocycles. The van der Waals surface area contributed by atoms with Gasteiger partial charge in [0.1, 0.15) is 0 Å². The molecule has 6 nitrogen and oxygen atoms in total. The molecule has 2 aromatic carbocycles. The molecule has 0 bridgehead atoms. The van der Waals surface area contributed by atoms with Gasteiger partial charge in [-0.15, -0.1) is 0 Å². The van der Waals surface area contributed by atoms with Crippen molar-refractivity contribution in [2.75, 3.05) is 26.7 Å². The molecule has 2 amide bonds. The number of carbonyl (C=O) groups is 2. The van der Waals surface area contributed by atoms with E-state index in [0.29, 0.717) is 23.1 Å². The predicted octanol–water partition coefficient (Wildman–Crippen LogP) is 4.08. The fraction of sp³-hybridized carbons (Fsp3) is 0.364. The Labute approximate surface area is 186 Å². The van der Waals surface area contributed by atoms with Crippen LogP contribution in [0.3, 0.4) is 0 Å². The van der Waals surface area contributed by atoms with Gasteiger partial charge in [-0.3, -0.25) is 9.69 Å². The number of likely N-dealkylation sites (N-methyl/N-ethyl adjacent to an activating group) is 1. The molecule has 2 unspecified atom stereocenters. The fourth-order valence-electron chi connectivity index (χ4n) is 3.78. The first-order valence-corrected chi connectivity index (χ1v) is 10.6. The van der Waals surface area contributed by atoms with Crippen molar-refractivity contribution in [2.45, 2.75) is 24.9 Å². The summed E-state index contributed by atoms with van der Waals surface area (Å²) in [5, 5.41) is 12.4. The van der Waals surface area contributed by atoms with E-state index < -0.39 is 6.09 Å². The van der Waals surface area contributed by atoms with E-state index in [1.54, 1.807) is 30.1 Å². The van der Waals surface area contributed by atoms with Crippen LogP contribution < -0.4 is 5.32 Å². The van der Waals surface area contributed by atoms with E-state index in [9.17, 15) is 9.59 Å². The molecule has 2 N–H and O–H groups in total. The maximum atomic E-state index is 13.0. The minimum Gasteiger partial charge on any atom is -0.465 e. The number of hydrogen-bond acceptors (Lipinski definition) is 3. The van der Waals surface area contributed by atoms with E-state index in [1.165, 1.54) is 0 Å². The monoisotopic (exact) mass is 449 g/mol. The Morgan fingerprint density at radius 3 is 2.60 bits per heavy atom. The summed E-state index contributed by atoms with van der Waals surface area (Å²) in [5.41, 5.74) is 1.84. The minimum atomic E-state index is -1.00. The van der Waals surface area contributed by atoms with Crippen LogP contribution in [0, 0.1) is 0 Å². The Hall–Kier alpha value is -2.28. The second-order valence-electron chi connectivity index (χ2n) is 7.55. The van der Waals surface area contributed by atoms with Crippen molar-refractivity contribution in [3.63, 3.8) is 0 Å². The van der Waals surface area contributed by atoms with Gasteiger partial charge in [-0.25, -0.2) is 4.79 Å². The highest BCUT2D eigenvalue weighted by molar-refractivity contribution is 6.42. The Morgan fingerprint density at radius 1 is 1.20 bits per heavy atom. The highest BCUT2D eigenvalue weighted by Crippen LogP contribution is 2.26. The zero-order chi connectivity index (χ0) is 21.7. The van der Waals surface area contributed by atoms with E-state index in [4.69, 9.17) is 28.3 Å². The van der Waals surface area contributed by atoms with Crippen molar-refractivity contribution < 1.29 is 14.7 Å². The molecule has 30 heavy (non-hydrogen) atoms. The van der Waals surface area contributed by atoms with Crippen molar-refractivity contribution in [1.29, 1.82) is 0 Å². The zero-order valence-electron chi connectivity index (χ0n) is 16.7. The summed E-state index contributed by atoms with van der Waals surface area (Å²) in [6.45, 7) is 2.04. The topological polar surface area (TPSA) is 72.9 Å². The molecule has 0 saturated carbocycles. The molecule has 0 spiro atoms. The van der Waals surface area contributed by atoms with Crippen LogP contribution in [-0.4, -0.2) is 59.6 Å². The van der Waals surface area contributed by atoms with Crippen molar-refractivity contribution in [3.05, 3.63) is 69.7 Å². The average Bonchev–Trinajstić information content (AvgIpc) is 3.15. The summed E-state index contributed by atoms with van der Waals surface area (Å²) in [5.74, 6) is -0.0262. The lowest BCUT2D eigenvalue weighted by atomic mass is 10.0. The number of halogens is 2. The Balaban J connectivity index is 1.72. The lowest BCUT2D eigenvalue weighted by molar-refractivity contribution is -0.131. The van der Waals surface area contributed by atoms with Crippen LogP contribution in [-0.2, 0) is 11.2 Å². The summed E-state index contributed by atoms with van der Waals surface area (Å²) >= 11 is 12.1. The molecule has 8 heteroatoms. The molecular weight excluding hydrogens is 425 g/mol. The average molecular weight is 450 g/mol. The summed E-state index contributed by atoms with van der Waals surface area (Å²) < 4.78 is 0. The van der Waals surface area contributed by atoms with Crippen molar-refractivity contribution in [2.24, 2.45) is 0 Å². The molecular formula is C22H25Cl2N3O3. The standard InChI is InChI=1S/C22H25Cl2N3O3/c1-26(21(28)12-15-7-8-18(23)19(24)11-15)20(16-5-3-2-4-6-16)14-27-10-9-17(13-27)25-22(29)30/h2-8,11,17,20,25H,9-10,12-14H2,1H3,(H,29,30). The van der Waals surface area contributed by atoms with Crippen molar-refractivity contribution in [3.8, 4) is 0 Å². The number of rotatable bonds is 7. The van der Waals surface area contributed by atoms with Crippen molar-refractivity contribution >= 4 is 35.2 Å². The molecule has 1 aliphatic rings. The van der Waals surface area contributed by atoms with Crippen LogP contribution in [0.1, 0.15) is 23.6 Å². The minimum absolute atomic E-state index is 0.0262. The van der Waals surface area contributed by atoms with Gasteiger partial charge in [0.2, 0.25) is 5.91 Å². The second-order valence-corrected chi connectivity index (χ2v) is 8.37. The number of benzene rings is 2. The normalized spacial score (nSPS) is 17.5. The maximum Gasteiger partial charge on any atom is 0.404 e. The summed E-state index contributed by atoms with van der Waals surface area (Å²) in [4.78, 5) is 27.9. The van der Waals surface area contributed by atoms with Gasteiger partial charge in [0.25, 0.3) is 0 Å². The number of hydrogen-bond donors (Lipinski definition) is 2. The molecule has 0 radical (unpaired) electrons. The Morgan fingerprint density at radius 2 is 1.93 bits per heavy atom. The van der Waals surface area contributed by atoms with Gasteiger partial charge in [-0.2, -0.15) is 0 Å². The van der Waals surface area contributed by atoms with E-state index in [2.05, 4.69) is 10.2 Å². The number of nitrogens with zero attached hydrogens (tertiary/aromatic N) is 2. The predicted molar refractivity (Wildman–Crippen MR) is 118 cm³/mol. The SMILES string of the molecule is CN(C(=O)Cc1ccc(Cl)c(Cl)c1)C(CN1CCC(NC(=O)O)C1)c1ccccc1. The first-order chi connectivity index (χ1) is 14.3. The second kappa shape index (κ2) is 10.2. The van der Waals surface area contributed by atoms with Gasteiger partial charge in [0.05, 0.1) is 22.5 Å². The van der Waals surface area contributed by atoms with Crippen LogP contribution >= 0.6 is 23.2 Å². The van der Waals surface area contributed by atoms with Crippen LogP contribution in [0.2, 0.25) is 10.0 Å². The molecule has 1 fully saturated rings. The van der Waals surface area contributed by atoms with Gasteiger partial charge in [0.15, 0.2) is 0 Å². The number of likely N-dealkylation sites (tertiary alicyclic amines) is 1. The zero-order valence-corrected chi connectivity index (χ0v) is 18.2. The third-order valence-corrected chi connectivity index (χ3v) is 6.15. The maximum absolute atomic E-state index is 13.0. The number of nitrogens with one attached hydrogen (secondary N) is 1. The lowest BCUT2D eigenvalue weighted by Crippen LogP contribution is -2.41. The Bertz CT molecular complexity index is 894. The third-order valence-electron chi connectivity index (χ3n) is 5.42. The van der Waals surface area contributed by atoms with Gasteiger partial charge >= 0.3 is 6.09 Å². The van der Waals surface area contributed by atoms with Crippen LogP contribution in [0.15, 0.2) is 48.5 Å². The van der Waals surface area contributed by atoms with Crippen LogP contribution in [0.5, 0.6) is 0 Å².